The van der Waals surface area contributed by atoms with E-state index in [4.69, 9.17) is 13.8 Å². The van der Waals surface area contributed by atoms with Crippen LogP contribution in [-0.4, -0.2) is 74.1 Å². The predicted molar refractivity (Wildman–Crippen MR) is 155 cm³/mol. The van der Waals surface area contributed by atoms with E-state index >= 15 is 0 Å². The summed E-state index contributed by atoms with van der Waals surface area (Å²) in [6, 6.07) is 0. The van der Waals surface area contributed by atoms with Crippen LogP contribution in [0.5, 0.6) is 0 Å². The Balaban J connectivity index is 3.52. The van der Waals surface area contributed by atoms with Crippen molar-refractivity contribution in [1.82, 2.24) is 0 Å². The third kappa shape index (κ3) is 28.3. The Labute approximate surface area is 233 Å². The molecule has 0 aromatic rings. The summed E-state index contributed by atoms with van der Waals surface area (Å²) in [6.45, 7) is 2.13. The fraction of sp³-hybridized carbons (Fsp3) is 0.897. The van der Waals surface area contributed by atoms with Crippen LogP contribution in [0.3, 0.4) is 0 Å². The van der Waals surface area contributed by atoms with Crippen molar-refractivity contribution in [2.24, 2.45) is 0 Å². The van der Waals surface area contributed by atoms with E-state index in [1.54, 1.807) is 0 Å². The Bertz CT molecular complexity index is 637. The number of hydrogen-bond acceptors (Lipinski definition) is 6. The highest BCUT2D eigenvalue weighted by molar-refractivity contribution is 7.47. The molecule has 2 N–H and O–H groups in total. The van der Waals surface area contributed by atoms with Gasteiger partial charge < -0.3 is 19.2 Å². The standard InChI is InChI=1S/C29H58NO7P/c1-5-6-7-8-9-10-11-12-13-14-15-16-17-18-19-20-21-22-23-29(32)35-26-28(31)27-37-38(33,34)36-25-24-30(2,3)4/h13-14,28,31H,5-12,15-27H2,1-4H3/p+1/b14-13-. The highest BCUT2D eigenvalue weighted by Crippen LogP contribution is 2.43. The number of carbonyl (C=O) groups is 1. The summed E-state index contributed by atoms with van der Waals surface area (Å²) >= 11 is 0. The molecule has 0 amide bonds. The highest BCUT2D eigenvalue weighted by Gasteiger charge is 2.24. The first-order valence-corrected chi connectivity index (χ1v) is 16.5. The van der Waals surface area contributed by atoms with E-state index in [0.717, 1.165) is 19.3 Å². The molecule has 0 aromatic heterocycles. The normalized spacial score (nSPS) is 14.6. The third-order valence-electron chi connectivity index (χ3n) is 6.28. The van der Waals surface area contributed by atoms with Crippen molar-refractivity contribution >= 4 is 13.8 Å². The van der Waals surface area contributed by atoms with Gasteiger partial charge in [-0.15, -0.1) is 0 Å². The lowest BCUT2D eigenvalue weighted by Crippen LogP contribution is -2.37. The van der Waals surface area contributed by atoms with Crippen molar-refractivity contribution in [3.8, 4) is 0 Å². The lowest BCUT2D eigenvalue weighted by molar-refractivity contribution is -0.870. The molecule has 0 saturated heterocycles. The number of phosphoric acid groups is 1. The summed E-state index contributed by atoms with van der Waals surface area (Å²) in [5.74, 6) is -0.376. The number of phosphoric ester groups is 1. The topological polar surface area (TPSA) is 102 Å². The quantitative estimate of drug-likeness (QED) is 0.0366. The number of unbranched alkanes of at least 4 members (excludes halogenated alkanes) is 14. The van der Waals surface area contributed by atoms with Crippen LogP contribution in [0.15, 0.2) is 12.2 Å². The number of esters is 1. The summed E-state index contributed by atoms with van der Waals surface area (Å²) < 4.78 is 27.1. The van der Waals surface area contributed by atoms with Gasteiger partial charge in [0.25, 0.3) is 0 Å². The van der Waals surface area contributed by atoms with Crippen molar-refractivity contribution in [2.45, 2.75) is 122 Å². The van der Waals surface area contributed by atoms with Gasteiger partial charge in [-0.3, -0.25) is 13.8 Å². The number of quaternary nitrogens is 1. The molecule has 0 rings (SSSR count). The van der Waals surface area contributed by atoms with Crippen molar-refractivity contribution in [2.75, 3.05) is 47.5 Å². The summed E-state index contributed by atoms with van der Waals surface area (Å²) in [5, 5.41) is 9.85. The Kier molecular flexibility index (Phi) is 23.6. The zero-order valence-corrected chi connectivity index (χ0v) is 25.8. The fourth-order valence-electron chi connectivity index (χ4n) is 3.83. The number of rotatable bonds is 27. The van der Waals surface area contributed by atoms with Crippen LogP contribution >= 0.6 is 7.82 Å². The lowest BCUT2D eigenvalue weighted by atomic mass is 10.1. The first kappa shape index (κ1) is 37.2. The van der Waals surface area contributed by atoms with Gasteiger partial charge in [-0.25, -0.2) is 4.57 Å². The monoisotopic (exact) mass is 564 g/mol. The third-order valence-corrected chi connectivity index (χ3v) is 7.26. The zero-order valence-electron chi connectivity index (χ0n) is 24.9. The van der Waals surface area contributed by atoms with E-state index in [1.165, 1.54) is 83.5 Å². The molecule has 0 bridgehead atoms. The van der Waals surface area contributed by atoms with E-state index in [-0.39, 0.29) is 19.2 Å². The fourth-order valence-corrected chi connectivity index (χ4v) is 4.57. The van der Waals surface area contributed by atoms with Crippen molar-refractivity contribution in [3.63, 3.8) is 0 Å². The molecule has 0 aliphatic heterocycles. The molecular formula is C29H59NO7P+. The van der Waals surface area contributed by atoms with Gasteiger partial charge in [-0.05, 0) is 32.1 Å². The summed E-state index contributed by atoms with van der Waals surface area (Å²) in [4.78, 5) is 21.5. The van der Waals surface area contributed by atoms with Crippen LogP contribution in [0.2, 0.25) is 0 Å². The largest absolute Gasteiger partial charge is 0.472 e. The predicted octanol–water partition coefficient (Wildman–Crippen LogP) is 6.94. The number of hydrogen-bond donors (Lipinski definition) is 2. The number of aliphatic hydroxyl groups is 1. The Morgan fingerprint density at radius 1 is 0.789 bits per heavy atom. The molecular weight excluding hydrogens is 505 g/mol. The van der Waals surface area contributed by atoms with Gasteiger partial charge in [0, 0.05) is 6.42 Å². The molecule has 0 fully saturated rings. The average Bonchev–Trinajstić information content (AvgIpc) is 2.84. The van der Waals surface area contributed by atoms with Crippen LogP contribution in [0.1, 0.15) is 116 Å². The average molecular weight is 565 g/mol. The van der Waals surface area contributed by atoms with Crippen molar-refractivity contribution in [3.05, 3.63) is 12.2 Å². The minimum absolute atomic E-state index is 0.0547. The molecule has 0 aromatic carbocycles. The van der Waals surface area contributed by atoms with Crippen molar-refractivity contribution in [1.29, 1.82) is 0 Å². The molecule has 0 aliphatic rings. The second-order valence-electron chi connectivity index (χ2n) is 11.3. The minimum Gasteiger partial charge on any atom is -0.463 e. The molecule has 0 saturated carbocycles. The van der Waals surface area contributed by atoms with Gasteiger partial charge in [0.2, 0.25) is 0 Å². The van der Waals surface area contributed by atoms with Gasteiger partial charge in [0.1, 0.15) is 25.9 Å². The van der Waals surface area contributed by atoms with Crippen molar-refractivity contribution < 1.29 is 37.6 Å². The van der Waals surface area contributed by atoms with Gasteiger partial charge in [0.05, 0.1) is 27.7 Å². The maximum Gasteiger partial charge on any atom is 0.472 e. The second kappa shape index (κ2) is 24.1. The van der Waals surface area contributed by atoms with E-state index in [2.05, 4.69) is 19.1 Å². The number of allylic oxidation sites excluding steroid dienone is 2. The van der Waals surface area contributed by atoms with Gasteiger partial charge in [-0.1, -0.05) is 89.7 Å². The SMILES string of the molecule is CCCCCCCCC/C=C\CCCCCCCCCC(=O)OCC(O)COP(=O)(O)OCC[N+](C)(C)C. The van der Waals surface area contributed by atoms with Crippen LogP contribution < -0.4 is 0 Å². The molecule has 8 nitrogen and oxygen atoms in total. The van der Waals surface area contributed by atoms with Gasteiger partial charge >= 0.3 is 13.8 Å². The lowest BCUT2D eigenvalue weighted by Gasteiger charge is -2.24. The number of ether oxygens (including phenoxy) is 1. The van der Waals surface area contributed by atoms with Gasteiger partial charge in [-0.2, -0.15) is 0 Å². The second-order valence-corrected chi connectivity index (χ2v) is 12.8. The maximum atomic E-state index is 11.8. The van der Waals surface area contributed by atoms with Gasteiger partial charge in [0.15, 0.2) is 0 Å². The molecule has 0 radical (unpaired) electrons. The molecule has 0 aliphatic carbocycles. The summed E-state index contributed by atoms with van der Waals surface area (Å²) in [5.41, 5.74) is 0. The number of carbonyl (C=O) groups excluding carboxylic acids is 1. The molecule has 0 heterocycles. The van der Waals surface area contributed by atoms with Crippen LogP contribution in [0, 0.1) is 0 Å². The minimum atomic E-state index is -4.24. The van der Waals surface area contributed by atoms with Crippen LogP contribution in [0.25, 0.3) is 0 Å². The Morgan fingerprint density at radius 2 is 1.29 bits per heavy atom. The molecule has 38 heavy (non-hydrogen) atoms. The molecule has 226 valence electrons. The number of likely N-dealkylation sites (N-methyl/N-ethyl adjacent to an activating group) is 1. The molecule has 9 heteroatoms. The first-order valence-electron chi connectivity index (χ1n) is 15.0. The Morgan fingerprint density at radius 3 is 1.82 bits per heavy atom. The van der Waals surface area contributed by atoms with E-state index < -0.39 is 20.5 Å². The van der Waals surface area contributed by atoms with E-state index in [1.807, 2.05) is 21.1 Å². The smallest absolute Gasteiger partial charge is 0.463 e. The van der Waals surface area contributed by atoms with E-state index in [0.29, 0.717) is 17.4 Å². The number of aliphatic hydroxyl groups excluding tert-OH is 1. The Hall–Kier alpha value is -0.760. The first-order chi connectivity index (χ1) is 18.1. The zero-order chi connectivity index (χ0) is 28.5. The molecule has 2 atom stereocenters. The van der Waals surface area contributed by atoms with Crippen LogP contribution in [0.4, 0.5) is 0 Å². The summed E-state index contributed by atoms with van der Waals surface area (Å²) in [7, 11) is 1.56. The maximum absolute atomic E-state index is 11.8. The molecule has 2 unspecified atom stereocenters. The summed E-state index contributed by atoms with van der Waals surface area (Å²) in [6.07, 6.45) is 23.6. The van der Waals surface area contributed by atoms with E-state index in [9.17, 15) is 19.4 Å². The van der Waals surface area contributed by atoms with Crippen LogP contribution in [-0.2, 0) is 23.1 Å². The number of nitrogens with zero attached hydrogens (tertiary/aromatic N) is 1. The molecule has 0 spiro atoms. The highest BCUT2D eigenvalue weighted by atomic mass is 31.2.